The molecule has 1 aromatic heterocycles. The van der Waals surface area contributed by atoms with Crippen molar-refractivity contribution in [3.63, 3.8) is 0 Å². The molecular weight excluding hydrogens is 419 g/mol. The summed E-state index contributed by atoms with van der Waals surface area (Å²) in [6, 6.07) is 20.2. The van der Waals surface area contributed by atoms with Gasteiger partial charge >= 0.3 is 5.97 Å². The summed E-state index contributed by atoms with van der Waals surface area (Å²) in [5.74, 6) is -1.22. The Morgan fingerprint density at radius 3 is 2.33 bits per heavy atom. The van der Waals surface area contributed by atoms with Gasteiger partial charge < -0.3 is 14.8 Å². The number of aromatic carboxylic acids is 1. The van der Waals surface area contributed by atoms with E-state index in [0.29, 0.717) is 6.42 Å². The minimum absolute atomic E-state index is 0.117. The van der Waals surface area contributed by atoms with Gasteiger partial charge in [-0.15, -0.1) is 0 Å². The number of nitriles is 1. The van der Waals surface area contributed by atoms with Gasteiger partial charge in [0, 0.05) is 28.6 Å². The number of halogens is 1. The molecule has 0 aliphatic rings. The summed E-state index contributed by atoms with van der Waals surface area (Å²) in [5.41, 5.74) is 3.93. The smallest absolute Gasteiger partial charge is 0.335 e. The number of aromatic nitrogens is 1. The van der Waals surface area contributed by atoms with Gasteiger partial charge in [-0.1, -0.05) is 26.0 Å². The van der Waals surface area contributed by atoms with Crippen LogP contribution < -0.4 is 0 Å². The van der Waals surface area contributed by atoms with E-state index in [1.807, 2.05) is 24.5 Å². The van der Waals surface area contributed by atoms with E-state index in [0.717, 1.165) is 33.4 Å². The van der Waals surface area contributed by atoms with Crippen LogP contribution in [0.1, 0.15) is 47.4 Å². The van der Waals surface area contributed by atoms with Crippen LogP contribution in [0.2, 0.25) is 0 Å². The van der Waals surface area contributed by atoms with Crippen molar-refractivity contribution in [1.29, 1.82) is 5.26 Å². The Labute approximate surface area is 191 Å². The Morgan fingerprint density at radius 1 is 1.06 bits per heavy atom. The SMILES string of the molecule is CC(C)(CC#N)c1c(Cc2ccc(C(=O)O)cc2)c2cc(O)ccc2n1-c1ccc(F)cc1. The van der Waals surface area contributed by atoms with Crippen molar-refractivity contribution in [2.75, 3.05) is 0 Å². The second-order valence-corrected chi connectivity index (χ2v) is 8.74. The average molecular weight is 442 g/mol. The Kier molecular flexibility index (Phi) is 5.65. The maximum atomic E-state index is 13.7. The maximum Gasteiger partial charge on any atom is 0.335 e. The number of nitrogens with zero attached hydrogens (tertiary/aromatic N) is 2. The number of phenolic OH excluding ortho intramolecular Hbond substituents is 1. The Bertz CT molecular complexity index is 1380. The van der Waals surface area contributed by atoms with Gasteiger partial charge in [0.25, 0.3) is 0 Å². The number of fused-ring (bicyclic) bond motifs is 1. The van der Waals surface area contributed by atoms with Crippen molar-refractivity contribution in [2.45, 2.75) is 32.1 Å². The van der Waals surface area contributed by atoms with E-state index in [4.69, 9.17) is 0 Å². The van der Waals surface area contributed by atoms with E-state index < -0.39 is 11.4 Å². The first-order valence-electron chi connectivity index (χ1n) is 10.5. The first-order chi connectivity index (χ1) is 15.7. The summed E-state index contributed by atoms with van der Waals surface area (Å²) in [7, 11) is 0. The van der Waals surface area contributed by atoms with E-state index in [1.54, 1.807) is 48.5 Å². The van der Waals surface area contributed by atoms with Crippen molar-refractivity contribution >= 4 is 16.9 Å². The number of rotatable bonds is 6. The largest absolute Gasteiger partial charge is 0.508 e. The van der Waals surface area contributed by atoms with Gasteiger partial charge in [0.2, 0.25) is 0 Å². The number of hydrogen-bond donors (Lipinski definition) is 2. The van der Waals surface area contributed by atoms with Crippen LogP contribution in [0.4, 0.5) is 4.39 Å². The van der Waals surface area contributed by atoms with Crippen LogP contribution in [0.5, 0.6) is 5.75 Å². The van der Waals surface area contributed by atoms with Gasteiger partial charge in [-0.05, 0) is 72.1 Å². The van der Waals surface area contributed by atoms with E-state index in [9.17, 15) is 24.7 Å². The Hall–Kier alpha value is -4.11. The van der Waals surface area contributed by atoms with Crippen LogP contribution in [0, 0.1) is 17.1 Å². The summed E-state index contributed by atoms with van der Waals surface area (Å²) in [6.45, 7) is 3.97. The highest BCUT2D eigenvalue weighted by atomic mass is 19.1. The lowest BCUT2D eigenvalue weighted by Gasteiger charge is -2.26. The van der Waals surface area contributed by atoms with Gasteiger partial charge in [0.1, 0.15) is 11.6 Å². The first kappa shape index (κ1) is 22.1. The molecule has 33 heavy (non-hydrogen) atoms. The molecule has 0 spiro atoms. The number of carboxylic acid groups (broad SMARTS) is 1. The normalized spacial score (nSPS) is 11.5. The quantitative estimate of drug-likeness (QED) is 0.386. The van der Waals surface area contributed by atoms with Crippen molar-refractivity contribution < 1.29 is 19.4 Å². The van der Waals surface area contributed by atoms with Gasteiger partial charge in [0.15, 0.2) is 0 Å². The topological polar surface area (TPSA) is 86.2 Å². The fourth-order valence-corrected chi connectivity index (χ4v) is 4.34. The Morgan fingerprint density at radius 2 is 1.73 bits per heavy atom. The molecule has 0 saturated heterocycles. The number of carbonyl (C=O) groups is 1. The van der Waals surface area contributed by atoms with Crippen molar-refractivity contribution in [2.24, 2.45) is 0 Å². The predicted molar refractivity (Wildman–Crippen MR) is 124 cm³/mol. The van der Waals surface area contributed by atoms with Gasteiger partial charge in [-0.25, -0.2) is 9.18 Å². The molecule has 6 heteroatoms. The standard InChI is InChI=1S/C27H23FN2O3/c1-27(2,13-14-29)25-23(15-17-3-5-18(6-4-17)26(32)33)22-16-21(31)11-12-24(22)30(25)20-9-7-19(28)8-10-20/h3-12,16,31H,13,15H2,1-2H3,(H,32,33). The number of carboxylic acids is 1. The summed E-state index contributed by atoms with van der Waals surface area (Å²) >= 11 is 0. The third-order valence-corrected chi connectivity index (χ3v) is 5.88. The fourth-order valence-electron chi connectivity index (χ4n) is 4.34. The van der Waals surface area contributed by atoms with Crippen LogP contribution in [-0.2, 0) is 11.8 Å². The minimum Gasteiger partial charge on any atom is -0.508 e. The first-order valence-corrected chi connectivity index (χ1v) is 10.5. The molecular formula is C27H23FN2O3. The van der Waals surface area contributed by atoms with Crippen molar-refractivity contribution in [1.82, 2.24) is 4.57 Å². The summed E-state index contributed by atoms with van der Waals surface area (Å²) in [6.07, 6.45) is 0.722. The third kappa shape index (κ3) is 4.18. The van der Waals surface area contributed by atoms with E-state index >= 15 is 0 Å². The van der Waals surface area contributed by atoms with Crippen molar-refractivity contribution in [3.05, 3.63) is 94.9 Å². The van der Waals surface area contributed by atoms with Crippen LogP contribution in [0.25, 0.3) is 16.6 Å². The summed E-state index contributed by atoms with van der Waals surface area (Å²) in [4.78, 5) is 11.2. The highest BCUT2D eigenvalue weighted by molar-refractivity contribution is 5.90. The lowest BCUT2D eigenvalue weighted by Crippen LogP contribution is -2.22. The molecule has 0 amide bonds. The van der Waals surface area contributed by atoms with E-state index in [1.165, 1.54) is 12.1 Å². The molecule has 3 aromatic carbocycles. The highest BCUT2D eigenvalue weighted by Crippen LogP contribution is 2.41. The van der Waals surface area contributed by atoms with E-state index in [-0.39, 0.29) is 23.6 Å². The molecule has 0 atom stereocenters. The molecule has 1 heterocycles. The summed E-state index contributed by atoms with van der Waals surface area (Å²) < 4.78 is 15.7. The molecule has 4 aromatic rings. The summed E-state index contributed by atoms with van der Waals surface area (Å²) in [5, 5.41) is 29.8. The van der Waals surface area contributed by atoms with Gasteiger partial charge in [0.05, 0.1) is 17.1 Å². The molecule has 0 radical (unpaired) electrons. The lowest BCUT2D eigenvalue weighted by molar-refractivity contribution is 0.0697. The molecule has 0 aliphatic carbocycles. The molecule has 0 aliphatic heterocycles. The molecule has 0 unspecified atom stereocenters. The molecule has 4 rings (SSSR count). The predicted octanol–water partition coefficient (Wildman–Crippen LogP) is 5.96. The van der Waals surface area contributed by atoms with Gasteiger partial charge in [-0.2, -0.15) is 5.26 Å². The number of aromatic hydroxyl groups is 1. The number of benzene rings is 3. The lowest BCUT2D eigenvalue weighted by atomic mass is 9.82. The monoisotopic (exact) mass is 442 g/mol. The minimum atomic E-state index is -0.991. The zero-order chi connectivity index (χ0) is 23.8. The van der Waals surface area contributed by atoms with Crippen LogP contribution >= 0.6 is 0 Å². The number of phenols is 1. The van der Waals surface area contributed by atoms with Crippen LogP contribution in [-0.4, -0.2) is 20.7 Å². The van der Waals surface area contributed by atoms with E-state index in [2.05, 4.69) is 6.07 Å². The van der Waals surface area contributed by atoms with Gasteiger partial charge in [-0.3, -0.25) is 0 Å². The zero-order valence-electron chi connectivity index (χ0n) is 18.3. The molecule has 0 bridgehead atoms. The maximum absolute atomic E-state index is 13.7. The van der Waals surface area contributed by atoms with Crippen molar-refractivity contribution in [3.8, 4) is 17.5 Å². The molecule has 2 N–H and O–H groups in total. The molecule has 5 nitrogen and oxygen atoms in total. The zero-order valence-corrected chi connectivity index (χ0v) is 18.3. The fraction of sp³-hybridized carbons (Fsp3) is 0.185. The number of hydrogen-bond acceptors (Lipinski definition) is 3. The second-order valence-electron chi connectivity index (χ2n) is 8.74. The van der Waals surface area contributed by atoms with Crippen LogP contribution in [0.15, 0.2) is 66.7 Å². The Balaban J connectivity index is 2.01. The highest BCUT2D eigenvalue weighted by Gasteiger charge is 2.31. The van der Waals surface area contributed by atoms with Crippen LogP contribution in [0.3, 0.4) is 0 Å². The second kappa shape index (κ2) is 8.44. The molecule has 0 fully saturated rings. The molecule has 0 saturated carbocycles. The molecule has 166 valence electrons. The third-order valence-electron chi connectivity index (χ3n) is 5.88. The average Bonchev–Trinajstić information content (AvgIpc) is 3.09.